The van der Waals surface area contributed by atoms with Gasteiger partial charge in [-0.15, -0.1) is 10.2 Å². The summed E-state index contributed by atoms with van der Waals surface area (Å²) in [5.41, 5.74) is 8.78. The number of anilines is 4. The predicted octanol–water partition coefficient (Wildman–Crippen LogP) is 3.21. The van der Waals surface area contributed by atoms with Gasteiger partial charge in [0.15, 0.2) is 11.6 Å². The molecular weight excluding hydrogens is 368 g/mol. The quantitative estimate of drug-likeness (QED) is 0.746. The maximum absolute atomic E-state index is 11.9. The van der Waals surface area contributed by atoms with Gasteiger partial charge in [0.25, 0.3) is 0 Å². The van der Waals surface area contributed by atoms with Crippen molar-refractivity contribution in [3.63, 3.8) is 0 Å². The zero-order valence-corrected chi connectivity index (χ0v) is 17.8. The van der Waals surface area contributed by atoms with E-state index in [2.05, 4.69) is 35.9 Å². The van der Waals surface area contributed by atoms with Crippen molar-refractivity contribution in [3.8, 4) is 0 Å². The molecule has 3 N–H and O–H groups in total. The Balaban J connectivity index is 1.84. The molecule has 29 heavy (non-hydrogen) atoms. The van der Waals surface area contributed by atoms with Crippen LogP contribution in [0.25, 0.3) is 0 Å². The van der Waals surface area contributed by atoms with Crippen LogP contribution in [0.2, 0.25) is 0 Å². The molecule has 1 atom stereocenters. The van der Waals surface area contributed by atoms with Gasteiger partial charge in [0.05, 0.1) is 0 Å². The van der Waals surface area contributed by atoms with Crippen molar-refractivity contribution in [2.24, 2.45) is 5.41 Å². The van der Waals surface area contributed by atoms with E-state index >= 15 is 0 Å². The highest BCUT2D eigenvalue weighted by Crippen LogP contribution is 2.34. The zero-order chi connectivity index (χ0) is 21.3. The van der Waals surface area contributed by atoms with Crippen LogP contribution in [0, 0.1) is 5.41 Å². The Morgan fingerprint density at radius 3 is 2.52 bits per heavy atom. The van der Waals surface area contributed by atoms with E-state index in [4.69, 9.17) is 5.73 Å². The Morgan fingerprint density at radius 1 is 1.24 bits per heavy atom. The Kier molecular flexibility index (Phi) is 5.66. The summed E-state index contributed by atoms with van der Waals surface area (Å²) in [5.74, 6) is 1.02. The second-order valence-corrected chi connectivity index (χ2v) is 8.78. The lowest BCUT2D eigenvalue weighted by Crippen LogP contribution is -2.49. The molecular formula is C21H30N6O2. The van der Waals surface area contributed by atoms with Gasteiger partial charge in [-0.3, -0.25) is 4.90 Å². The summed E-state index contributed by atoms with van der Waals surface area (Å²) >= 11 is 0. The lowest BCUT2D eigenvalue weighted by atomic mass is 9.85. The van der Waals surface area contributed by atoms with Crippen molar-refractivity contribution in [2.45, 2.75) is 33.2 Å². The van der Waals surface area contributed by atoms with Gasteiger partial charge in [-0.1, -0.05) is 20.8 Å². The molecule has 0 spiro atoms. The predicted molar refractivity (Wildman–Crippen MR) is 116 cm³/mol. The number of hydrogen-bond donors (Lipinski definition) is 2. The van der Waals surface area contributed by atoms with Crippen molar-refractivity contribution in [1.82, 2.24) is 15.1 Å². The third kappa shape index (κ3) is 4.42. The molecule has 0 fully saturated rings. The number of likely N-dealkylation sites (N-methyl/N-ethyl adjacent to an activating group) is 1. The highest BCUT2D eigenvalue weighted by atomic mass is 16.4. The van der Waals surface area contributed by atoms with Crippen LogP contribution in [0.15, 0.2) is 30.3 Å². The van der Waals surface area contributed by atoms with Gasteiger partial charge in [0.2, 0.25) is 0 Å². The van der Waals surface area contributed by atoms with E-state index in [-0.39, 0.29) is 11.5 Å². The summed E-state index contributed by atoms with van der Waals surface area (Å²) < 4.78 is 0. The number of carboxylic acid groups (broad SMARTS) is 1. The molecule has 0 bridgehead atoms. The SMILES string of the molecule is CN(C)C(CN(C(=O)O)c1ccc(N2CCc3cc(N)ccc32)nn1)C(C)(C)C. The number of aromatic nitrogens is 2. The zero-order valence-electron chi connectivity index (χ0n) is 17.8. The Labute approximate surface area is 171 Å². The summed E-state index contributed by atoms with van der Waals surface area (Å²) in [4.78, 5) is 17.3. The van der Waals surface area contributed by atoms with Crippen LogP contribution in [0.1, 0.15) is 26.3 Å². The normalized spacial score (nSPS) is 14.8. The molecule has 1 aliphatic heterocycles. The van der Waals surface area contributed by atoms with E-state index in [0.717, 1.165) is 24.3 Å². The van der Waals surface area contributed by atoms with Crippen molar-refractivity contribution >= 4 is 29.1 Å². The van der Waals surface area contributed by atoms with Crippen molar-refractivity contribution in [2.75, 3.05) is 42.7 Å². The Bertz CT molecular complexity index is 876. The maximum Gasteiger partial charge on any atom is 0.413 e. The van der Waals surface area contributed by atoms with E-state index < -0.39 is 6.09 Å². The van der Waals surface area contributed by atoms with Crippen LogP contribution < -0.4 is 15.5 Å². The van der Waals surface area contributed by atoms with Crippen molar-refractivity contribution in [1.29, 1.82) is 0 Å². The van der Waals surface area contributed by atoms with E-state index in [1.54, 1.807) is 6.07 Å². The van der Waals surface area contributed by atoms with Gasteiger partial charge < -0.3 is 20.6 Å². The van der Waals surface area contributed by atoms with Crippen LogP contribution in [-0.4, -0.2) is 59.5 Å². The first kappa shape index (κ1) is 20.9. The monoisotopic (exact) mass is 398 g/mol. The standard InChI is InChI=1S/C21H30N6O2/c1-21(2,3)17(25(4)5)13-27(20(28)29)19-9-8-18(23-24-19)26-11-10-14-12-15(22)6-7-16(14)26/h6-9,12,17H,10-11,13,22H2,1-5H3,(H,28,29). The first-order chi connectivity index (χ1) is 13.6. The van der Waals surface area contributed by atoms with Crippen LogP contribution in [0.4, 0.5) is 27.8 Å². The van der Waals surface area contributed by atoms with Gasteiger partial charge in [-0.2, -0.15) is 0 Å². The number of hydrogen-bond acceptors (Lipinski definition) is 6. The molecule has 156 valence electrons. The number of nitrogen functional groups attached to an aromatic ring is 1. The van der Waals surface area contributed by atoms with Gasteiger partial charge in [-0.05, 0) is 61.8 Å². The van der Waals surface area contributed by atoms with Gasteiger partial charge in [-0.25, -0.2) is 4.79 Å². The summed E-state index contributed by atoms with van der Waals surface area (Å²) in [6.45, 7) is 7.41. The van der Waals surface area contributed by atoms with Gasteiger partial charge in [0.1, 0.15) is 0 Å². The summed E-state index contributed by atoms with van der Waals surface area (Å²) in [7, 11) is 3.92. The highest BCUT2D eigenvalue weighted by molar-refractivity contribution is 5.84. The van der Waals surface area contributed by atoms with Gasteiger partial charge >= 0.3 is 6.09 Å². The molecule has 1 aromatic carbocycles. The van der Waals surface area contributed by atoms with E-state index in [1.807, 2.05) is 43.3 Å². The van der Waals surface area contributed by atoms with Gasteiger partial charge in [0, 0.05) is 30.5 Å². The molecule has 2 aromatic rings. The summed E-state index contributed by atoms with van der Waals surface area (Å²) in [6, 6.07) is 9.42. The fourth-order valence-electron chi connectivity index (χ4n) is 3.92. The number of nitrogens with two attached hydrogens (primary N) is 1. The fraction of sp³-hybridized carbons (Fsp3) is 0.476. The summed E-state index contributed by atoms with van der Waals surface area (Å²) in [6.07, 6.45) is -0.147. The van der Waals surface area contributed by atoms with E-state index in [0.29, 0.717) is 18.2 Å². The highest BCUT2D eigenvalue weighted by Gasteiger charge is 2.31. The average Bonchev–Trinajstić information content (AvgIpc) is 3.03. The second-order valence-electron chi connectivity index (χ2n) is 8.78. The molecule has 0 saturated carbocycles. The lowest BCUT2D eigenvalue weighted by molar-refractivity contribution is 0.151. The molecule has 0 radical (unpaired) electrons. The Hall–Kier alpha value is -2.87. The van der Waals surface area contributed by atoms with Crippen LogP contribution in [0.3, 0.4) is 0 Å². The van der Waals surface area contributed by atoms with Crippen molar-refractivity contribution < 1.29 is 9.90 Å². The molecule has 2 heterocycles. The fourth-order valence-corrected chi connectivity index (χ4v) is 3.92. The van der Waals surface area contributed by atoms with Crippen LogP contribution in [-0.2, 0) is 6.42 Å². The molecule has 0 saturated heterocycles. The number of amides is 1. The minimum Gasteiger partial charge on any atom is -0.465 e. The number of carbonyl (C=O) groups is 1. The largest absolute Gasteiger partial charge is 0.465 e. The first-order valence-corrected chi connectivity index (χ1v) is 9.74. The van der Waals surface area contributed by atoms with Crippen LogP contribution in [0.5, 0.6) is 0 Å². The molecule has 0 aliphatic carbocycles. The number of nitrogens with zero attached hydrogens (tertiary/aromatic N) is 5. The number of fused-ring (bicyclic) bond motifs is 1. The number of rotatable bonds is 5. The average molecular weight is 399 g/mol. The topological polar surface area (TPSA) is 98.8 Å². The molecule has 1 aromatic heterocycles. The first-order valence-electron chi connectivity index (χ1n) is 9.74. The molecule has 1 amide bonds. The minimum atomic E-state index is -1.04. The van der Waals surface area contributed by atoms with Crippen LogP contribution >= 0.6 is 0 Å². The minimum absolute atomic E-state index is 0.0241. The summed E-state index contributed by atoms with van der Waals surface area (Å²) in [5, 5.41) is 18.3. The smallest absolute Gasteiger partial charge is 0.413 e. The molecule has 1 unspecified atom stereocenters. The lowest BCUT2D eigenvalue weighted by Gasteiger charge is -2.38. The van der Waals surface area contributed by atoms with E-state index in [9.17, 15) is 9.90 Å². The molecule has 1 aliphatic rings. The third-order valence-electron chi connectivity index (χ3n) is 5.40. The Morgan fingerprint density at radius 2 is 1.97 bits per heavy atom. The second kappa shape index (κ2) is 7.87. The van der Waals surface area contributed by atoms with E-state index in [1.165, 1.54) is 10.5 Å². The third-order valence-corrected chi connectivity index (χ3v) is 5.40. The maximum atomic E-state index is 11.9. The number of benzene rings is 1. The molecule has 8 heteroatoms. The van der Waals surface area contributed by atoms with Crippen molar-refractivity contribution in [3.05, 3.63) is 35.9 Å². The molecule has 3 rings (SSSR count). The molecule has 8 nitrogen and oxygen atoms in total.